The van der Waals surface area contributed by atoms with Crippen LogP contribution in [0.1, 0.15) is 59.5 Å². The number of pyridine rings is 1. The van der Waals surface area contributed by atoms with Crippen LogP contribution in [0, 0.1) is 0 Å². The smallest absolute Gasteiger partial charge is 0.253 e. The van der Waals surface area contributed by atoms with Gasteiger partial charge in [0.05, 0.1) is 0 Å². The summed E-state index contributed by atoms with van der Waals surface area (Å²) in [4.78, 5) is 18.2. The lowest BCUT2D eigenvalue weighted by molar-refractivity contribution is 0.0826. The standard InChI is InChI=1S/C27H30N2O3/c1-29(2)27(30)23-16-25(31-19-20-12-14-28-15-13-20)18-26(17-23)32-24-10-8-22(9-11-24)21-6-4-3-5-7-21/h8-18,21H,3-7,19H2,1-2H3. The summed E-state index contributed by atoms with van der Waals surface area (Å²) in [7, 11) is 3.47. The minimum atomic E-state index is -0.100. The van der Waals surface area contributed by atoms with E-state index in [0.717, 1.165) is 11.3 Å². The molecule has 32 heavy (non-hydrogen) atoms. The monoisotopic (exact) mass is 430 g/mol. The molecule has 3 aromatic rings. The predicted molar refractivity (Wildman–Crippen MR) is 125 cm³/mol. The van der Waals surface area contributed by atoms with Crippen LogP contribution in [0.25, 0.3) is 0 Å². The van der Waals surface area contributed by atoms with Crippen LogP contribution in [-0.4, -0.2) is 29.9 Å². The van der Waals surface area contributed by atoms with Gasteiger partial charge >= 0.3 is 0 Å². The van der Waals surface area contributed by atoms with Crippen LogP contribution in [0.4, 0.5) is 0 Å². The van der Waals surface area contributed by atoms with Crippen molar-refractivity contribution < 1.29 is 14.3 Å². The molecule has 5 heteroatoms. The van der Waals surface area contributed by atoms with Crippen molar-refractivity contribution in [3.05, 3.63) is 83.7 Å². The molecule has 1 aliphatic rings. The van der Waals surface area contributed by atoms with E-state index in [1.165, 1.54) is 37.7 Å². The highest BCUT2D eigenvalue weighted by Crippen LogP contribution is 2.34. The molecule has 0 spiro atoms. The van der Waals surface area contributed by atoms with Crippen LogP contribution in [0.3, 0.4) is 0 Å². The maximum Gasteiger partial charge on any atom is 0.253 e. The molecule has 4 rings (SSSR count). The molecule has 0 radical (unpaired) electrons. The van der Waals surface area contributed by atoms with Gasteiger partial charge < -0.3 is 14.4 Å². The minimum absolute atomic E-state index is 0.100. The van der Waals surface area contributed by atoms with Gasteiger partial charge in [-0.05, 0) is 66.3 Å². The molecular weight excluding hydrogens is 400 g/mol. The number of aromatic nitrogens is 1. The Labute approximate surface area is 190 Å². The van der Waals surface area contributed by atoms with Crippen molar-refractivity contribution in [2.45, 2.75) is 44.6 Å². The Morgan fingerprint density at radius 3 is 2.28 bits per heavy atom. The van der Waals surface area contributed by atoms with Gasteiger partial charge in [0, 0.05) is 38.1 Å². The van der Waals surface area contributed by atoms with Gasteiger partial charge in [-0.1, -0.05) is 31.4 Å². The van der Waals surface area contributed by atoms with Crippen LogP contribution in [0.5, 0.6) is 17.2 Å². The number of carbonyl (C=O) groups excluding carboxylic acids is 1. The topological polar surface area (TPSA) is 51.7 Å². The maximum atomic E-state index is 12.6. The van der Waals surface area contributed by atoms with Crippen molar-refractivity contribution in [2.24, 2.45) is 0 Å². The predicted octanol–water partition coefficient (Wildman–Crippen LogP) is 6.20. The number of ether oxygens (including phenoxy) is 2. The fourth-order valence-electron chi connectivity index (χ4n) is 4.12. The third-order valence-electron chi connectivity index (χ3n) is 5.88. The molecule has 0 bridgehead atoms. The highest BCUT2D eigenvalue weighted by Gasteiger charge is 2.16. The van der Waals surface area contributed by atoms with Gasteiger partial charge in [0.25, 0.3) is 5.91 Å². The van der Waals surface area contributed by atoms with Crippen molar-refractivity contribution in [2.75, 3.05) is 14.1 Å². The van der Waals surface area contributed by atoms with Gasteiger partial charge in [0.15, 0.2) is 0 Å². The Kier molecular flexibility index (Phi) is 7.05. The molecule has 1 amide bonds. The molecule has 0 atom stereocenters. The molecule has 1 fully saturated rings. The first-order valence-corrected chi connectivity index (χ1v) is 11.2. The number of amides is 1. The maximum absolute atomic E-state index is 12.6. The molecule has 1 heterocycles. The van der Waals surface area contributed by atoms with E-state index in [4.69, 9.17) is 9.47 Å². The van der Waals surface area contributed by atoms with E-state index < -0.39 is 0 Å². The second-order valence-corrected chi connectivity index (χ2v) is 8.54. The summed E-state index contributed by atoms with van der Waals surface area (Å²) in [6.07, 6.45) is 9.99. The SMILES string of the molecule is CN(C)C(=O)c1cc(OCc2ccncc2)cc(Oc2ccc(C3CCCCC3)cc2)c1. The number of nitrogens with zero attached hydrogens (tertiary/aromatic N) is 2. The number of hydrogen-bond donors (Lipinski definition) is 0. The lowest BCUT2D eigenvalue weighted by atomic mass is 9.84. The van der Waals surface area contributed by atoms with Gasteiger partial charge in [0.2, 0.25) is 0 Å². The van der Waals surface area contributed by atoms with Crippen LogP contribution >= 0.6 is 0 Å². The number of carbonyl (C=O) groups is 1. The van der Waals surface area contributed by atoms with Gasteiger partial charge in [-0.2, -0.15) is 0 Å². The number of rotatable bonds is 7. The summed E-state index contributed by atoms with van der Waals surface area (Å²) < 4.78 is 12.1. The fraction of sp³-hybridized carbons (Fsp3) is 0.333. The molecule has 0 N–H and O–H groups in total. The summed E-state index contributed by atoms with van der Waals surface area (Å²) in [6.45, 7) is 0.387. The highest BCUT2D eigenvalue weighted by molar-refractivity contribution is 5.94. The largest absolute Gasteiger partial charge is 0.489 e. The van der Waals surface area contributed by atoms with Gasteiger partial charge in [0.1, 0.15) is 23.9 Å². The van der Waals surface area contributed by atoms with Crippen LogP contribution in [0.15, 0.2) is 67.0 Å². The molecule has 0 aliphatic heterocycles. The molecule has 0 saturated heterocycles. The zero-order chi connectivity index (χ0) is 22.3. The summed E-state index contributed by atoms with van der Waals surface area (Å²) in [5.41, 5.74) is 2.91. The molecular formula is C27H30N2O3. The fourth-order valence-corrected chi connectivity index (χ4v) is 4.12. The lowest BCUT2D eigenvalue weighted by Crippen LogP contribution is -2.21. The zero-order valence-electron chi connectivity index (χ0n) is 18.8. The number of hydrogen-bond acceptors (Lipinski definition) is 4. The first-order valence-electron chi connectivity index (χ1n) is 11.2. The average Bonchev–Trinajstić information content (AvgIpc) is 2.84. The van der Waals surface area contributed by atoms with Crippen molar-refractivity contribution >= 4 is 5.91 Å². The Morgan fingerprint density at radius 1 is 0.906 bits per heavy atom. The zero-order valence-corrected chi connectivity index (χ0v) is 18.8. The molecule has 0 unspecified atom stereocenters. The van der Waals surface area contributed by atoms with Crippen LogP contribution in [0.2, 0.25) is 0 Å². The second kappa shape index (κ2) is 10.3. The summed E-state index contributed by atoms with van der Waals surface area (Å²) in [5.74, 6) is 2.47. The van der Waals surface area contributed by atoms with Crippen LogP contribution in [-0.2, 0) is 6.61 Å². The van der Waals surface area contributed by atoms with E-state index in [1.54, 1.807) is 43.5 Å². The highest BCUT2D eigenvalue weighted by atomic mass is 16.5. The molecule has 1 aliphatic carbocycles. The minimum Gasteiger partial charge on any atom is -0.489 e. The Balaban J connectivity index is 1.52. The first-order chi connectivity index (χ1) is 15.6. The molecule has 1 saturated carbocycles. The third kappa shape index (κ3) is 5.67. The van der Waals surface area contributed by atoms with E-state index in [2.05, 4.69) is 17.1 Å². The average molecular weight is 431 g/mol. The molecule has 5 nitrogen and oxygen atoms in total. The molecule has 166 valence electrons. The van der Waals surface area contributed by atoms with Crippen molar-refractivity contribution in [3.63, 3.8) is 0 Å². The third-order valence-corrected chi connectivity index (χ3v) is 5.88. The normalized spacial score (nSPS) is 14.1. The van der Waals surface area contributed by atoms with E-state index in [9.17, 15) is 4.79 Å². The quantitative estimate of drug-likeness (QED) is 0.448. The lowest BCUT2D eigenvalue weighted by Gasteiger charge is -2.22. The van der Waals surface area contributed by atoms with Gasteiger partial charge in [-0.15, -0.1) is 0 Å². The number of benzene rings is 2. The van der Waals surface area contributed by atoms with Crippen molar-refractivity contribution in [1.29, 1.82) is 0 Å². The first kappa shape index (κ1) is 21.9. The summed E-state index contributed by atoms with van der Waals surface area (Å²) in [5, 5.41) is 0. The van der Waals surface area contributed by atoms with E-state index in [0.29, 0.717) is 29.6 Å². The Hall–Kier alpha value is -3.34. The van der Waals surface area contributed by atoms with E-state index in [-0.39, 0.29) is 5.91 Å². The Morgan fingerprint density at radius 2 is 1.59 bits per heavy atom. The summed E-state index contributed by atoms with van der Waals surface area (Å²) >= 11 is 0. The molecule has 1 aromatic heterocycles. The van der Waals surface area contributed by atoms with Crippen LogP contribution < -0.4 is 9.47 Å². The van der Waals surface area contributed by atoms with Gasteiger partial charge in [-0.25, -0.2) is 0 Å². The molecule has 2 aromatic carbocycles. The summed E-state index contributed by atoms with van der Waals surface area (Å²) in [6, 6.07) is 17.5. The second-order valence-electron chi connectivity index (χ2n) is 8.54. The van der Waals surface area contributed by atoms with Crippen molar-refractivity contribution in [3.8, 4) is 17.2 Å². The van der Waals surface area contributed by atoms with Gasteiger partial charge in [-0.3, -0.25) is 9.78 Å². The van der Waals surface area contributed by atoms with E-state index in [1.807, 2.05) is 30.3 Å². The Bertz CT molecular complexity index is 1030. The van der Waals surface area contributed by atoms with E-state index >= 15 is 0 Å². The van der Waals surface area contributed by atoms with Crippen molar-refractivity contribution in [1.82, 2.24) is 9.88 Å².